The third-order valence-corrected chi connectivity index (χ3v) is 5.55. The molecular formula is C24H22N10. The van der Waals surface area contributed by atoms with Crippen LogP contribution >= 0.6 is 0 Å². The van der Waals surface area contributed by atoms with E-state index in [1.165, 1.54) is 25.4 Å². The van der Waals surface area contributed by atoms with Crippen molar-refractivity contribution in [3.05, 3.63) is 71.8 Å². The minimum absolute atomic E-state index is 0.568. The Hall–Kier alpha value is -4.28. The van der Waals surface area contributed by atoms with Crippen LogP contribution in [0, 0.1) is 0 Å². The van der Waals surface area contributed by atoms with Gasteiger partial charge in [-0.25, -0.2) is 39.9 Å². The van der Waals surface area contributed by atoms with Crippen molar-refractivity contribution in [3.63, 3.8) is 0 Å². The Kier molecular flexibility index (Phi) is 5.66. The lowest BCUT2D eigenvalue weighted by Gasteiger charge is -2.26. The van der Waals surface area contributed by atoms with E-state index in [2.05, 4.69) is 39.9 Å². The summed E-state index contributed by atoms with van der Waals surface area (Å²) < 4.78 is 0. The van der Waals surface area contributed by atoms with Crippen LogP contribution in [0.3, 0.4) is 0 Å². The lowest BCUT2D eigenvalue weighted by atomic mass is 9.95. The molecule has 0 spiro atoms. The molecule has 34 heavy (non-hydrogen) atoms. The maximum Gasteiger partial charge on any atom is 0.180 e. The van der Waals surface area contributed by atoms with Crippen molar-refractivity contribution >= 4 is 48.4 Å². The first-order valence-corrected chi connectivity index (χ1v) is 10.7. The number of nitrogens with two attached hydrogens (primary N) is 2. The molecule has 168 valence electrons. The van der Waals surface area contributed by atoms with Crippen molar-refractivity contribution in [1.29, 1.82) is 0 Å². The summed E-state index contributed by atoms with van der Waals surface area (Å²) in [4.78, 5) is 33.0. The first kappa shape index (κ1) is 21.6. The standard InChI is InChI=1S/2C12H11N5/c2*13-12(6-9-4-2-1-3-5-9)10-11(15-7-14-10)16-8-17-12/h2*1-5,7-8H,6,13H2. The highest BCUT2D eigenvalue weighted by Gasteiger charge is 2.38. The molecule has 4 N–H and O–H groups in total. The maximum atomic E-state index is 6.29. The molecule has 0 bridgehead atoms. The summed E-state index contributed by atoms with van der Waals surface area (Å²) in [7, 11) is 0. The lowest BCUT2D eigenvalue weighted by Crippen LogP contribution is -2.52. The molecule has 2 unspecified atom stereocenters. The molecule has 6 rings (SSSR count). The average Bonchev–Trinajstić information content (AvgIpc) is 3.52. The fourth-order valence-electron chi connectivity index (χ4n) is 3.89. The summed E-state index contributed by atoms with van der Waals surface area (Å²) in [5.41, 5.74) is 14.4. The van der Waals surface area contributed by atoms with Crippen molar-refractivity contribution in [2.45, 2.75) is 24.2 Å². The third-order valence-electron chi connectivity index (χ3n) is 5.55. The molecule has 0 saturated carbocycles. The van der Waals surface area contributed by atoms with Crippen molar-refractivity contribution in [1.82, 2.24) is 0 Å². The minimum atomic E-state index is -0.852. The Bertz CT molecular complexity index is 1210. The Balaban J connectivity index is 0.000000142. The van der Waals surface area contributed by atoms with Gasteiger partial charge in [0.05, 0.1) is 0 Å². The highest BCUT2D eigenvalue weighted by molar-refractivity contribution is 6.51. The summed E-state index contributed by atoms with van der Waals surface area (Å²) in [5, 5.41) is 0. The fourth-order valence-corrected chi connectivity index (χ4v) is 3.89. The normalized spacial score (nSPS) is 25.5. The molecule has 0 radical (unpaired) electrons. The molecule has 10 heteroatoms. The van der Waals surface area contributed by atoms with Gasteiger partial charge in [0.15, 0.2) is 23.0 Å². The highest BCUT2D eigenvalue weighted by Crippen LogP contribution is 2.21. The van der Waals surface area contributed by atoms with Gasteiger partial charge in [-0.1, -0.05) is 60.7 Å². The van der Waals surface area contributed by atoms with Crippen LogP contribution in [0.4, 0.5) is 0 Å². The van der Waals surface area contributed by atoms with Crippen LogP contribution in [0.15, 0.2) is 101 Å². The van der Waals surface area contributed by atoms with Gasteiger partial charge in [-0.2, -0.15) is 0 Å². The van der Waals surface area contributed by atoms with E-state index in [-0.39, 0.29) is 0 Å². The zero-order valence-electron chi connectivity index (χ0n) is 18.2. The van der Waals surface area contributed by atoms with Gasteiger partial charge >= 0.3 is 0 Å². The van der Waals surface area contributed by atoms with Gasteiger partial charge in [-0.3, -0.25) is 0 Å². The molecule has 10 nitrogen and oxygen atoms in total. The molecule has 2 aromatic carbocycles. The molecule has 2 atom stereocenters. The number of benzene rings is 2. The first-order valence-electron chi connectivity index (χ1n) is 10.7. The summed E-state index contributed by atoms with van der Waals surface area (Å²) in [6, 6.07) is 19.9. The summed E-state index contributed by atoms with van der Waals surface area (Å²) >= 11 is 0. The van der Waals surface area contributed by atoms with E-state index in [1.54, 1.807) is 0 Å². The number of aliphatic imine (C=N–C) groups is 8. The SMILES string of the molecule is NC1(Cc2ccccc2)N=CN=C2N=CN=C21.NC1(Cc2ccccc2)N=CN=C2N=CN=C21. The number of hydrogen-bond donors (Lipinski definition) is 2. The number of hydrogen-bond acceptors (Lipinski definition) is 10. The maximum absolute atomic E-state index is 6.29. The Morgan fingerprint density at radius 1 is 0.529 bits per heavy atom. The Morgan fingerprint density at radius 3 is 1.35 bits per heavy atom. The molecule has 4 heterocycles. The summed E-state index contributed by atoms with van der Waals surface area (Å²) in [6.07, 6.45) is 7.03. The van der Waals surface area contributed by atoms with Crippen molar-refractivity contribution in [2.24, 2.45) is 51.4 Å². The topological polar surface area (TPSA) is 151 Å². The van der Waals surface area contributed by atoms with Gasteiger partial charge in [-0.05, 0) is 11.1 Å². The third kappa shape index (κ3) is 4.32. The lowest BCUT2D eigenvalue weighted by molar-refractivity contribution is 0.597. The second-order valence-electron chi connectivity index (χ2n) is 8.01. The molecule has 2 aromatic rings. The van der Waals surface area contributed by atoms with Crippen LogP contribution in [-0.4, -0.2) is 59.8 Å². The molecule has 4 aliphatic rings. The molecule has 0 fully saturated rings. The van der Waals surface area contributed by atoms with Gasteiger partial charge in [0.25, 0.3) is 0 Å². The Morgan fingerprint density at radius 2 is 0.941 bits per heavy atom. The van der Waals surface area contributed by atoms with Crippen molar-refractivity contribution in [2.75, 3.05) is 0 Å². The van der Waals surface area contributed by atoms with Crippen LogP contribution < -0.4 is 11.5 Å². The smallest absolute Gasteiger partial charge is 0.180 e. The molecule has 4 aliphatic heterocycles. The fraction of sp³-hybridized carbons (Fsp3) is 0.167. The average molecular weight is 451 g/mol. The number of fused-ring (bicyclic) bond motifs is 2. The van der Waals surface area contributed by atoms with Crippen molar-refractivity contribution < 1.29 is 0 Å². The highest BCUT2D eigenvalue weighted by atomic mass is 15.2. The van der Waals surface area contributed by atoms with Gasteiger partial charge in [0.2, 0.25) is 0 Å². The number of nitrogens with zero attached hydrogens (tertiary/aromatic N) is 8. The van der Waals surface area contributed by atoms with Crippen LogP contribution in [0.2, 0.25) is 0 Å². The largest absolute Gasteiger partial charge is 0.302 e. The van der Waals surface area contributed by atoms with E-state index >= 15 is 0 Å². The quantitative estimate of drug-likeness (QED) is 0.727. The van der Waals surface area contributed by atoms with Gasteiger partial charge in [-0.15, -0.1) is 0 Å². The monoisotopic (exact) mass is 450 g/mol. The van der Waals surface area contributed by atoms with E-state index < -0.39 is 11.3 Å². The Labute approximate surface area is 196 Å². The van der Waals surface area contributed by atoms with E-state index in [4.69, 9.17) is 11.5 Å². The molecular weight excluding hydrogens is 428 g/mol. The molecule has 0 amide bonds. The second-order valence-corrected chi connectivity index (χ2v) is 8.01. The van der Waals surface area contributed by atoms with E-state index in [0.717, 1.165) is 11.1 Å². The first-order chi connectivity index (χ1) is 16.6. The van der Waals surface area contributed by atoms with Crippen LogP contribution in [0.25, 0.3) is 0 Å². The van der Waals surface area contributed by atoms with Crippen LogP contribution in [0.5, 0.6) is 0 Å². The zero-order valence-corrected chi connectivity index (χ0v) is 18.2. The predicted octanol–water partition coefficient (Wildman–Crippen LogP) is 1.61. The summed E-state index contributed by atoms with van der Waals surface area (Å²) in [5.74, 6) is 1.14. The summed E-state index contributed by atoms with van der Waals surface area (Å²) in [6.45, 7) is 0. The molecule has 0 aliphatic carbocycles. The second kappa shape index (κ2) is 8.93. The molecule has 0 saturated heterocycles. The van der Waals surface area contributed by atoms with Gasteiger partial charge < -0.3 is 11.5 Å². The van der Waals surface area contributed by atoms with Gasteiger partial charge in [0.1, 0.15) is 36.8 Å². The zero-order chi connectivity index (χ0) is 23.4. The van der Waals surface area contributed by atoms with Crippen LogP contribution in [0.1, 0.15) is 11.1 Å². The number of amidine groups is 2. The predicted molar refractivity (Wildman–Crippen MR) is 138 cm³/mol. The van der Waals surface area contributed by atoms with Crippen LogP contribution in [-0.2, 0) is 12.8 Å². The van der Waals surface area contributed by atoms with Gasteiger partial charge in [0, 0.05) is 12.8 Å². The van der Waals surface area contributed by atoms with E-state index in [1.807, 2.05) is 60.7 Å². The molecule has 0 aromatic heterocycles. The number of rotatable bonds is 4. The van der Waals surface area contributed by atoms with E-state index in [9.17, 15) is 0 Å². The van der Waals surface area contributed by atoms with E-state index in [0.29, 0.717) is 35.9 Å². The van der Waals surface area contributed by atoms with Crippen molar-refractivity contribution in [3.8, 4) is 0 Å². The minimum Gasteiger partial charge on any atom is -0.302 e.